The van der Waals surface area contributed by atoms with Crippen molar-refractivity contribution >= 4 is 27.3 Å². The van der Waals surface area contributed by atoms with Crippen LogP contribution >= 0.6 is 0 Å². The molecule has 6 nitrogen and oxygen atoms in total. The summed E-state index contributed by atoms with van der Waals surface area (Å²) in [5.41, 5.74) is 8.01. The van der Waals surface area contributed by atoms with Gasteiger partial charge in [-0.1, -0.05) is 6.07 Å². The van der Waals surface area contributed by atoms with E-state index >= 15 is 0 Å². The maximum Gasteiger partial charge on any atom is 0.227 e. The monoisotopic (exact) mass is 325 g/mol. The number of anilines is 2. The fourth-order valence-electron chi connectivity index (χ4n) is 2.59. The van der Waals surface area contributed by atoms with Crippen LogP contribution in [0.15, 0.2) is 18.2 Å². The van der Waals surface area contributed by atoms with Crippen LogP contribution in [0.2, 0.25) is 0 Å². The number of aryl methyl sites for hydroxylation is 1. The summed E-state index contributed by atoms with van der Waals surface area (Å²) in [6.45, 7) is 4.36. The third-order valence-corrected chi connectivity index (χ3v) is 5.98. The van der Waals surface area contributed by atoms with Crippen molar-refractivity contribution in [1.29, 1.82) is 0 Å². The van der Waals surface area contributed by atoms with Gasteiger partial charge in [0.15, 0.2) is 0 Å². The predicted molar refractivity (Wildman–Crippen MR) is 88.0 cm³/mol. The van der Waals surface area contributed by atoms with Gasteiger partial charge in [0, 0.05) is 30.4 Å². The summed E-state index contributed by atoms with van der Waals surface area (Å²) in [4.78, 5) is 12.3. The second-order valence-corrected chi connectivity index (χ2v) is 7.90. The van der Waals surface area contributed by atoms with E-state index in [2.05, 4.69) is 5.32 Å². The Morgan fingerprint density at radius 2 is 2.00 bits per heavy atom. The van der Waals surface area contributed by atoms with Gasteiger partial charge < -0.3 is 11.1 Å². The van der Waals surface area contributed by atoms with Gasteiger partial charge in [-0.2, -0.15) is 0 Å². The second-order valence-electron chi connectivity index (χ2n) is 5.64. The summed E-state index contributed by atoms with van der Waals surface area (Å²) in [6.07, 6.45) is 1.10. The number of nitrogens with zero attached hydrogens (tertiary/aromatic N) is 1. The molecule has 0 radical (unpaired) electrons. The zero-order valence-corrected chi connectivity index (χ0v) is 13.8. The van der Waals surface area contributed by atoms with Crippen LogP contribution in [0.3, 0.4) is 0 Å². The first-order chi connectivity index (χ1) is 10.3. The average molecular weight is 325 g/mol. The maximum atomic E-state index is 12.3. The van der Waals surface area contributed by atoms with E-state index in [0.717, 1.165) is 5.56 Å². The number of hydrogen-bond donors (Lipinski definition) is 2. The fraction of sp³-hybridized carbons (Fsp3) is 0.533. The highest BCUT2D eigenvalue weighted by molar-refractivity contribution is 7.89. The molecule has 2 rings (SSSR count). The topological polar surface area (TPSA) is 92.5 Å². The highest BCUT2D eigenvalue weighted by atomic mass is 32.2. The normalized spacial score (nSPS) is 17.4. The fourth-order valence-corrected chi connectivity index (χ4v) is 3.72. The molecule has 1 heterocycles. The van der Waals surface area contributed by atoms with Gasteiger partial charge in [-0.05, 0) is 44.4 Å². The van der Waals surface area contributed by atoms with Crippen molar-refractivity contribution in [3.05, 3.63) is 23.8 Å². The van der Waals surface area contributed by atoms with Gasteiger partial charge >= 0.3 is 0 Å². The van der Waals surface area contributed by atoms with E-state index in [0.29, 0.717) is 37.3 Å². The molecule has 1 fully saturated rings. The first-order valence-electron chi connectivity index (χ1n) is 7.48. The highest BCUT2D eigenvalue weighted by Gasteiger charge is 2.30. The molecule has 0 spiro atoms. The van der Waals surface area contributed by atoms with Crippen LogP contribution in [0.1, 0.15) is 25.3 Å². The molecule has 1 amide bonds. The molecule has 122 valence electrons. The van der Waals surface area contributed by atoms with Crippen LogP contribution in [0, 0.1) is 12.8 Å². The zero-order chi connectivity index (χ0) is 16.3. The minimum absolute atomic E-state index is 0.0674. The third kappa shape index (κ3) is 3.78. The Morgan fingerprint density at radius 3 is 2.59 bits per heavy atom. The Balaban J connectivity index is 1.97. The molecule has 0 unspecified atom stereocenters. The first kappa shape index (κ1) is 16.8. The van der Waals surface area contributed by atoms with Crippen LogP contribution in [-0.4, -0.2) is 37.5 Å². The lowest BCUT2D eigenvalue weighted by molar-refractivity contribution is -0.120. The Bertz CT molecular complexity index is 650. The van der Waals surface area contributed by atoms with E-state index in [1.807, 2.05) is 13.0 Å². The van der Waals surface area contributed by atoms with Crippen LogP contribution in [0.4, 0.5) is 11.4 Å². The summed E-state index contributed by atoms with van der Waals surface area (Å²) in [6, 6.07) is 5.39. The molecular weight excluding hydrogens is 302 g/mol. The van der Waals surface area contributed by atoms with Crippen molar-refractivity contribution in [3.63, 3.8) is 0 Å². The van der Waals surface area contributed by atoms with Crippen molar-refractivity contribution in [1.82, 2.24) is 4.31 Å². The molecular formula is C15H23N3O3S. The quantitative estimate of drug-likeness (QED) is 0.822. The minimum atomic E-state index is -3.16. The number of nitrogen functional groups attached to an aromatic ring is 1. The zero-order valence-electron chi connectivity index (χ0n) is 13.0. The first-order valence-corrected chi connectivity index (χ1v) is 9.09. The Hall–Kier alpha value is -1.60. The number of rotatable bonds is 4. The van der Waals surface area contributed by atoms with Crippen LogP contribution in [0.5, 0.6) is 0 Å². The molecule has 1 aromatic rings. The van der Waals surface area contributed by atoms with E-state index < -0.39 is 10.0 Å². The summed E-state index contributed by atoms with van der Waals surface area (Å²) < 4.78 is 25.1. The summed E-state index contributed by atoms with van der Waals surface area (Å²) >= 11 is 0. The van der Waals surface area contributed by atoms with Crippen molar-refractivity contribution in [2.45, 2.75) is 26.7 Å². The number of sulfonamides is 1. The molecule has 1 aromatic carbocycles. The predicted octanol–water partition coefficient (Wildman–Crippen LogP) is 1.58. The van der Waals surface area contributed by atoms with Crippen molar-refractivity contribution in [3.8, 4) is 0 Å². The number of piperidine rings is 1. The van der Waals surface area contributed by atoms with Crippen LogP contribution < -0.4 is 11.1 Å². The van der Waals surface area contributed by atoms with E-state index in [4.69, 9.17) is 5.73 Å². The Labute approximate surface area is 131 Å². The van der Waals surface area contributed by atoms with Gasteiger partial charge in [-0.15, -0.1) is 0 Å². The van der Waals surface area contributed by atoms with E-state index in [1.165, 1.54) is 4.31 Å². The minimum Gasteiger partial charge on any atom is -0.399 e. The number of nitrogens with one attached hydrogen (secondary N) is 1. The summed E-state index contributed by atoms with van der Waals surface area (Å²) in [7, 11) is -3.16. The number of benzene rings is 1. The van der Waals surface area contributed by atoms with E-state index in [-0.39, 0.29) is 17.6 Å². The number of carbonyl (C=O) groups is 1. The molecule has 1 saturated heterocycles. The summed E-state index contributed by atoms with van der Waals surface area (Å²) in [5, 5.41) is 2.90. The number of amides is 1. The largest absolute Gasteiger partial charge is 0.399 e. The van der Waals surface area contributed by atoms with Crippen LogP contribution in [-0.2, 0) is 14.8 Å². The lowest BCUT2D eigenvalue weighted by Gasteiger charge is -2.30. The summed E-state index contributed by atoms with van der Waals surface area (Å²) in [5.74, 6) is -0.127. The molecule has 0 aliphatic carbocycles. The van der Waals surface area contributed by atoms with Gasteiger partial charge in [0.1, 0.15) is 0 Å². The third-order valence-electron chi connectivity index (χ3n) is 4.10. The molecule has 0 aromatic heterocycles. The van der Waals surface area contributed by atoms with Crippen molar-refractivity contribution in [2.75, 3.05) is 29.9 Å². The lowest BCUT2D eigenvalue weighted by atomic mass is 9.97. The Morgan fingerprint density at radius 1 is 1.36 bits per heavy atom. The van der Waals surface area contributed by atoms with Gasteiger partial charge in [0.25, 0.3) is 0 Å². The maximum absolute atomic E-state index is 12.3. The average Bonchev–Trinajstić information content (AvgIpc) is 2.51. The molecule has 7 heteroatoms. The lowest BCUT2D eigenvalue weighted by Crippen LogP contribution is -2.42. The van der Waals surface area contributed by atoms with Crippen molar-refractivity contribution < 1.29 is 13.2 Å². The molecule has 1 aliphatic rings. The molecule has 0 bridgehead atoms. The number of hydrogen-bond acceptors (Lipinski definition) is 4. The Kier molecular flexibility index (Phi) is 5.08. The standard InChI is InChI=1S/C15H23N3O3S/c1-3-22(20,21)18-8-6-12(7-9-18)15(19)17-14-10-13(16)5-4-11(14)2/h4-5,10,12H,3,6-9,16H2,1-2H3,(H,17,19). The second kappa shape index (κ2) is 6.66. The molecule has 0 saturated carbocycles. The number of carbonyl (C=O) groups excluding carboxylic acids is 1. The van der Waals surface area contributed by atoms with Gasteiger partial charge in [-0.3, -0.25) is 4.79 Å². The van der Waals surface area contributed by atoms with Crippen LogP contribution in [0.25, 0.3) is 0 Å². The molecule has 22 heavy (non-hydrogen) atoms. The van der Waals surface area contributed by atoms with Gasteiger partial charge in [0.05, 0.1) is 5.75 Å². The van der Waals surface area contributed by atoms with E-state index in [9.17, 15) is 13.2 Å². The van der Waals surface area contributed by atoms with E-state index in [1.54, 1.807) is 19.1 Å². The highest BCUT2D eigenvalue weighted by Crippen LogP contribution is 2.23. The van der Waals surface area contributed by atoms with Gasteiger partial charge in [-0.25, -0.2) is 12.7 Å². The van der Waals surface area contributed by atoms with Gasteiger partial charge in [0.2, 0.25) is 15.9 Å². The molecule has 3 N–H and O–H groups in total. The van der Waals surface area contributed by atoms with Crippen molar-refractivity contribution in [2.24, 2.45) is 5.92 Å². The smallest absolute Gasteiger partial charge is 0.227 e. The number of nitrogens with two attached hydrogens (primary N) is 1. The molecule has 1 aliphatic heterocycles. The molecule has 0 atom stereocenters. The SMILES string of the molecule is CCS(=O)(=O)N1CCC(C(=O)Nc2cc(N)ccc2C)CC1.